The highest BCUT2D eigenvalue weighted by molar-refractivity contribution is 6.14. The van der Waals surface area contributed by atoms with Crippen LogP contribution in [0.15, 0.2) is 103 Å². The fourth-order valence-electron chi connectivity index (χ4n) is 4.68. The van der Waals surface area contributed by atoms with Crippen LogP contribution in [0.5, 0.6) is 0 Å². The van der Waals surface area contributed by atoms with Crippen molar-refractivity contribution in [2.45, 2.75) is 0 Å². The van der Waals surface area contributed by atoms with E-state index in [1.54, 1.807) is 0 Å². The Morgan fingerprint density at radius 3 is 2.12 bits per heavy atom. The summed E-state index contributed by atoms with van der Waals surface area (Å²) in [7, 11) is 0. The molecule has 5 heteroatoms. The lowest BCUT2D eigenvalue weighted by Gasteiger charge is -2.08. The molecule has 2 aromatic carbocycles. The summed E-state index contributed by atoms with van der Waals surface area (Å²) in [6, 6.07) is 31.0. The minimum Gasteiger partial charge on any atom is -0.306 e. The lowest BCUT2D eigenvalue weighted by molar-refractivity contribution is 1.08. The second kappa shape index (κ2) is 6.49. The van der Waals surface area contributed by atoms with E-state index in [4.69, 9.17) is 9.97 Å². The number of aromatic nitrogens is 5. The van der Waals surface area contributed by atoms with Gasteiger partial charge in [0.25, 0.3) is 0 Å². The molecule has 0 aliphatic carbocycles. The van der Waals surface area contributed by atoms with Gasteiger partial charge in [0.1, 0.15) is 16.9 Å². The van der Waals surface area contributed by atoms with Crippen LogP contribution in [0.25, 0.3) is 55.5 Å². The smallest absolute Gasteiger partial charge is 0.137 e. The van der Waals surface area contributed by atoms with Gasteiger partial charge in [-0.05, 0) is 48.5 Å². The van der Waals surface area contributed by atoms with E-state index >= 15 is 0 Å². The standard InChI is InChI=1S/C27H17N5/c1-2-9-18(10-3-1)31-21-13-8-16-29-26(21)27-23(31)17-22-25(30-27)19-11-4-5-12-20(19)32(22)24-14-6-7-15-28-24/h1-17H. The highest BCUT2D eigenvalue weighted by Crippen LogP contribution is 2.36. The van der Waals surface area contributed by atoms with Crippen LogP contribution in [0, 0.1) is 0 Å². The van der Waals surface area contributed by atoms with Gasteiger partial charge in [0.2, 0.25) is 0 Å². The van der Waals surface area contributed by atoms with Crippen molar-refractivity contribution in [3.05, 3.63) is 103 Å². The second-order valence-corrected chi connectivity index (χ2v) is 7.81. The number of hydrogen-bond acceptors (Lipinski definition) is 3. The number of pyridine rings is 3. The Morgan fingerprint density at radius 2 is 1.25 bits per heavy atom. The van der Waals surface area contributed by atoms with Crippen LogP contribution < -0.4 is 0 Å². The molecule has 5 heterocycles. The van der Waals surface area contributed by atoms with Crippen molar-refractivity contribution in [3.8, 4) is 11.5 Å². The minimum absolute atomic E-state index is 0.875. The third-order valence-corrected chi connectivity index (χ3v) is 6.01. The van der Waals surface area contributed by atoms with Gasteiger partial charge in [0, 0.05) is 23.5 Å². The molecule has 5 nitrogen and oxygen atoms in total. The maximum absolute atomic E-state index is 5.19. The van der Waals surface area contributed by atoms with Crippen molar-refractivity contribution in [2.75, 3.05) is 0 Å². The van der Waals surface area contributed by atoms with E-state index in [1.165, 1.54) is 0 Å². The molecule has 0 spiro atoms. The predicted octanol–water partition coefficient (Wildman–Crippen LogP) is 6.07. The molecule has 0 N–H and O–H groups in total. The van der Waals surface area contributed by atoms with Gasteiger partial charge in [-0.15, -0.1) is 0 Å². The highest BCUT2D eigenvalue weighted by atomic mass is 15.1. The number of fused-ring (bicyclic) bond motifs is 6. The van der Waals surface area contributed by atoms with Crippen molar-refractivity contribution in [2.24, 2.45) is 0 Å². The lowest BCUT2D eigenvalue weighted by Crippen LogP contribution is -1.97. The molecule has 0 bridgehead atoms. The first-order valence-electron chi connectivity index (χ1n) is 10.6. The SMILES string of the molecule is c1ccc(-n2c3cccnc3c3nc4c5ccccc5n(-c5ccccn5)c4cc32)cc1. The zero-order valence-corrected chi connectivity index (χ0v) is 17.1. The Bertz CT molecular complexity index is 1630. The Hall–Kier alpha value is -4.51. The van der Waals surface area contributed by atoms with Gasteiger partial charge in [-0.25, -0.2) is 9.97 Å². The van der Waals surface area contributed by atoms with E-state index in [-0.39, 0.29) is 0 Å². The summed E-state index contributed by atoms with van der Waals surface area (Å²) in [5.74, 6) is 0.875. The van der Waals surface area contributed by atoms with Crippen molar-refractivity contribution in [3.63, 3.8) is 0 Å². The molecular formula is C27H17N5. The molecule has 0 saturated heterocycles. The zero-order chi connectivity index (χ0) is 21.1. The molecule has 5 aromatic heterocycles. The normalized spacial score (nSPS) is 11.8. The van der Waals surface area contributed by atoms with Crippen LogP contribution in [-0.4, -0.2) is 24.1 Å². The molecule has 0 radical (unpaired) electrons. The van der Waals surface area contributed by atoms with Gasteiger partial charge >= 0.3 is 0 Å². The van der Waals surface area contributed by atoms with E-state index in [1.807, 2.05) is 42.7 Å². The van der Waals surface area contributed by atoms with Crippen LogP contribution in [-0.2, 0) is 0 Å². The molecule has 0 aliphatic rings. The molecule has 7 aromatic rings. The fraction of sp³-hybridized carbons (Fsp3) is 0. The topological polar surface area (TPSA) is 48.5 Å². The Labute approximate surface area is 183 Å². The minimum atomic E-state index is 0.875. The Balaban J connectivity index is 1.71. The van der Waals surface area contributed by atoms with Crippen molar-refractivity contribution >= 4 is 44.0 Å². The Kier molecular flexibility index (Phi) is 3.49. The predicted molar refractivity (Wildman–Crippen MR) is 129 cm³/mol. The largest absolute Gasteiger partial charge is 0.306 e. The molecule has 0 saturated carbocycles. The van der Waals surface area contributed by atoms with Gasteiger partial charge < -0.3 is 4.57 Å². The number of nitrogens with zero attached hydrogens (tertiary/aromatic N) is 5. The highest BCUT2D eigenvalue weighted by Gasteiger charge is 2.20. The number of rotatable bonds is 2. The van der Waals surface area contributed by atoms with Crippen LogP contribution in [0.4, 0.5) is 0 Å². The molecule has 32 heavy (non-hydrogen) atoms. The molecule has 7 rings (SSSR count). The van der Waals surface area contributed by atoms with E-state index < -0.39 is 0 Å². The average Bonchev–Trinajstić information content (AvgIpc) is 3.36. The van der Waals surface area contributed by atoms with Crippen molar-refractivity contribution < 1.29 is 0 Å². The van der Waals surface area contributed by atoms with Gasteiger partial charge in [-0.2, -0.15) is 0 Å². The van der Waals surface area contributed by atoms with Crippen LogP contribution in [0.3, 0.4) is 0 Å². The number of benzene rings is 2. The van der Waals surface area contributed by atoms with Crippen LogP contribution in [0.2, 0.25) is 0 Å². The summed E-state index contributed by atoms with van der Waals surface area (Å²) in [4.78, 5) is 14.5. The summed E-state index contributed by atoms with van der Waals surface area (Å²) >= 11 is 0. The monoisotopic (exact) mass is 411 g/mol. The Morgan fingerprint density at radius 1 is 0.500 bits per heavy atom. The maximum atomic E-state index is 5.19. The first kappa shape index (κ1) is 17.2. The fourth-order valence-corrected chi connectivity index (χ4v) is 4.68. The van der Waals surface area contributed by atoms with Gasteiger partial charge in [0.15, 0.2) is 0 Å². The van der Waals surface area contributed by atoms with Crippen LogP contribution in [0.1, 0.15) is 0 Å². The molecule has 0 atom stereocenters. The van der Waals surface area contributed by atoms with Gasteiger partial charge in [-0.1, -0.05) is 42.5 Å². The van der Waals surface area contributed by atoms with E-state index in [0.29, 0.717) is 0 Å². The van der Waals surface area contributed by atoms with E-state index in [2.05, 4.69) is 74.8 Å². The molecule has 0 fully saturated rings. The van der Waals surface area contributed by atoms with Gasteiger partial charge in [0.05, 0.1) is 27.6 Å². The molecule has 0 amide bonds. The first-order chi connectivity index (χ1) is 15.9. The van der Waals surface area contributed by atoms with E-state index in [0.717, 1.165) is 55.5 Å². The number of para-hydroxylation sites is 2. The summed E-state index contributed by atoms with van der Waals surface area (Å²) in [5, 5.41) is 1.10. The summed E-state index contributed by atoms with van der Waals surface area (Å²) in [6.07, 6.45) is 3.66. The third kappa shape index (κ3) is 2.30. The second-order valence-electron chi connectivity index (χ2n) is 7.81. The molecule has 0 unspecified atom stereocenters. The van der Waals surface area contributed by atoms with Crippen molar-refractivity contribution in [1.29, 1.82) is 0 Å². The van der Waals surface area contributed by atoms with Gasteiger partial charge in [-0.3, -0.25) is 9.55 Å². The summed E-state index contributed by atoms with van der Waals surface area (Å²) in [5.41, 5.74) is 8.03. The third-order valence-electron chi connectivity index (χ3n) is 6.01. The first-order valence-corrected chi connectivity index (χ1v) is 10.6. The molecule has 0 aliphatic heterocycles. The zero-order valence-electron chi connectivity index (χ0n) is 17.1. The number of hydrogen-bond donors (Lipinski definition) is 0. The maximum Gasteiger partial charge on any atom is 0.137 e. The molecular weight excluding hydrogens is 394 g/mol. The summed E-state index contributed by atoms with van der Waals surface area (Å²) < 4.78 is 4.43. The average molecular weight is 411 g/mol. The quantitative estimate of drug-likeness (QED) is 0.347. The molecule has 150 valence electrons. The van der Waals surface area contributed by atoms with E-state index in [9.17, 15) is 0 Å². The summed E-state index contributed by atoms with van der Waals surface area (Å²) in [6.45, 7) is 0. The van der Waals surface area contributed by atoms with Crippen molar-refractivity contribution in [1.82, 2.24) is 24.1 Å². The lowest BCUT2D eigenvalue weighted by atomic mass is 10.2. The van der Waals surface area contributed by atoms with Crippen LogP contribution >= 0.6 is 0 Å².